The summed E-state index contributed by atoms with van der Waals surface area (Å²) in [7, 11) is 0. The van der Waals surface area contributed by atoms with Crippen LogP contribution in [0.5, 0.6) is 0 Å². The Bertz CT molecular complexity index is 562. The van der Waals surface area contributed by atoms with E-state index < -0.39 is 0 Å². The predicted octanol–water partition coefficient (Wildman–Crippen LogP) is 6.09. The molecule has 2 rings (SSSR count). The number of hydrogen-bond donors (Lipinski definition) is 0. The number of rotatable bonds is 3. The van der Waals surface area contributed by atoms with Crippen molar-refractivity contribution in [2.45, 2.75) is 26.7 Å². The second-order valence-corrected chi connectivity index (χ2v) is 5.11. The van der Waals surface area contributed by atoms with Crippen molar-refractivity contribution in [1.82, 2.24) is 0 Å². The molecule has 0 aliphatic heterocycles. The van der Waals surface area contributed by atoms with Gasteiger partial charge in [0.05, 0.1) is 0 Å². The molecule has 0 spiro atoms. The average molecular weight is 264 g/mol. The van der Waals surface area contributed by atoms with E-state index in [9.17, 15) is 0 Å². The van der Waals surface area contributed by atoms with Gasteiger partial charge in [0, 0.05) is 0 Å². The van der Waals surface area contributed by atoms with Gasteiger partial charge in [-0.1, -0.05) is 93.3 Å². The molecule has 0 saturated carbocycles. The molecule has 0 aliphatic carbocycles. The van der Waals surface area contributed by atoms with Gasteiger partial charge in [-0.05, 0) is 29.5 Å². The molecular formula is C20H24. The number of aryl methyl sites for hydroxylation is 1. The summed E-state index contributed by atoms with van der Waals surface area (Å²) >= 11 is 0. The Hall–Kier alpha value is -2.08. The normalized spacial score (nSPS) is 9.60. The maximum absolute atomic E-state index is 3.77. The van der Waals surface area contributed by atoms with E-state index in [1.807, 2.05) is 30.4 Å². The fraction of sp³-hybridized carbons (Fsp3) is 0.200. The maximum atomic E-state index is 3.77. The van der Waals surface area contributed by atoms with Crippen LogP contribution in [0.4, 0.5) is 0 Å². The van der Waals surface area contributed by atoms with Gasteiger partial charge in [-0.2, -0.15) is 0 Å². The molecule has 0 unspecified atom stereocenters. The summed E-state index contributed by atoms with van der Waals surface area (Å²) in [5.41, 5.74) is 5.10. The molecule has 0 N–H and O–H groups in total. The maximum Gasteiger partial charge on any atom is -0.0213 e. The first-order valence-electron chi connectivity index (χ1n) is 6.99. The third-order valence-corrected chi connectivity index (χ3v) is 3.12. The van der Waals surface area contributed by atoms with Crippen LogP contribution in [0.15, 0.2) is 61.7 Å². The van der Waals surface area contributed by atoms with E-state index in [-0.39, 0.29) is 0 Å². The van der Waals surface area contributed by atoms with Gasteiger partial charge < -0.3 is 0 Å². The molecule has 0 radical (unpaired) electrons. The smallest absolute Gasteiger partial charge is 0.0213 e. The van der Waals surface area contributed by atoms with Crippen molar-refractivity contribution >= 4 is 12.2 Å². The lowest BCUT2D eigenvalue weighted by Gasteiger charge is -2.08. The first-order chi connectivity index (χ1) is 9.58. The van der Waals surface area contributed by atoms with Gasteiger partial charge in [-0.15, -0.1) is 0 Å². The van der Waals surface area contributed by atoms with Crippen molar-refractivity contribution in [1.29, 1.82) is 0 Å². The lowest BCUT2D eigenvalue weighted by molar-refractivity contribution is 0.864. The molecule has 0 nitrogen and oxygen atoms in total. The van der Waals surface area contributed by atoms with Crippen LogP contribution in [0.25, 0.3) is 12.2 Å². The zero-order valence-corrected chi connectivity index (χ0v) is 12.8. The highest BCUT2D eigenvalue weighted by Gasteiger charge is 2.00. The van der Waals surface area contributed by atoms with Gasteiger partial charge in [0.15, 0.2) is 0 Å². The van der Waals surface area contributed by atoms with Crippen LogP contribution >= 0.6 is 0 Å². The highest BCUT2D eigenvalue weighted by Crippen LogP contribution is 2.19. The van der Waals surface area contributed by atoms with Gasteiger partial charge in [0.2, 0.25) is 0 Å². The SMILES string of the molecule is C=Cc1cccc(C)c1.C=Cc1ccccc1C(C)C. The van der Waals surface area contributed by atoms with E-state index in [0.29, 0.717) is 5.92 Å². The van der Waals surface area contributed by atoms with Crippen molar-refractivity contribution in [3.05, 3.63) is 83.9 Å². The summed E-state index contributed by atoms with van der Waals surface area (Å²) in [5, 5.41) is 0. The second kappa shape index (κ2) is 8.16. The van der Waals surface area contributed by atoms with Crippen molar-refractivity contribution in [3.8, 4) is 0 Å². The Morgan fingerprint density at radius 1 is 0.900 bits per heavy atom. The first kappa shape index (κ1) is 16.0. The minimum Gasteiger partial charge on any atom is -0.0985 e. The molecule has 0 heterocycles. The Morgan fingerprint density at radius 3 is 2.05 bits per heavy atom. The lowest BCUT2D eigenvalue weighted by Crippen LogP contribution is -1.89. The minimum atomic E-state index is 0.587. The van der Waals surface area contributed by atoms with Crippen LogP contribution < -0.4 is 0 Å². The number of benzene rings is 2. The third-order valence-electron chi connectivity index (χ3n) is 3.12. The van der Waals surface area contributed by atoms with Crippen LogP contribution in [0.2, 0.25) is 0 Å². The second-order valence-electron chi connectivity index (χ2n) is 5.11. The molecule has 104 valence electrons. The number of hydrogen-bond acceptors (Lipinski definition) is 0. The van der Waals surface area contributed by atoms with Crippen molar-refractivity contribution < 1.29 is 0 Å². The van der Waals surface area contributed by atoms with Gasteiger partial charge in [0.1, 0.15) is 0 Å². The zero-order valence-electron chi connectivity index (χ0n) is 12.8. The summed E-state index contributed by atoms with van der Waals surface area (Å²) in [6.07, 6.45) is 3.77. The van der Waals surface area contributed by atoms with Crippen LogP contribution in [0.1, 0.15) is 42.0 Å². The van der Waals surface area contributed by atoms with E-state index in [1.165, 1.54) is 22.3 Å². The Balaban J connectivity index is 0.000000204. The average Bonchev–Trinajstić information content (AvgIpc) is 2.47. The molecule has 0 amide bonds. The van der Waals surface area contributed by atoms with Crippen LogP contribution in [0.3, 0.4) is 0 Å². The Morgan fingerprint density at radius 2 is 1.60 bits per heavy atom. The molecule has 20 heavy (non-hydrogen) atoms. The first-order valence-corrected chi connectivity index (χ1v) is 6.99. The molecule has 0 heteroatoms. The van der Waals surface area contributed by atoms with Crippen molar-refractivity contribution in [2.24, 2.45) is 0 Å². The fourth-order valence-electron chi connectivity index (χ4n) is 2.02. The summed E-state index contributed by atoms with van der Waals surface area (Å²) in [5.74, 6) is 0.587. The molecule has 2 aromatic rings. The Labute approximate surface area is 123 Å². The molecule has 2 aromatic carbocycles. The van der Waals surface area contributed by atoms with Crippen LogP contribution in [-0.4, -0.2) is 0 Å². The van der Waals surface area contributed by atoms with Crippen LogP contribution in [-0.2, 0) is 0 Å². The predicted molar refractivity (Wildman–Crippen MR) is 91.9 cm³/mol. The highest BCUT2D eigenvalue weighted by atomic mass is 14.1. The fourth-order valence-corrected chi connectivity index (χ4v) is 2.02. The molecule has 0 aromatic heterocycles. The molecule has 0 bridgehead atoms. The Kier molecular flexibility index (Phi) is 6.52. The highest BCUT2D eigenvalue weighted by molar-refractivity contribution is 5.52. The van der Waals surface area contributed by atoms with Crippen molar-refractivity contribution in [2.75, 3.05) is 0 Å². The van der Waals surface area contributed by atoms with Crippen molar-refractivity contribution in [3.63, 3.8) is 0 Å². The lowest BCUT2D eigenvalue weighted by atomic mass is 9.97. The zero-order chi connectivity index (χ0) is 15.0. The monoisotopic (exact) mass is 264 g/mol. The summed E-state index contributed by atoms with van der Waals surface area (Å²) < 4.78 is 0. The standard InChI is InChI=1S/C11H14.C9H10/c1-4-10-7-5-6-8-11(10)9(2)3;1-3-9-6-4-5-8(2)7-9/h4-9H,1H2,2-3H3;3-7H,1H2,2H3. The molecular weight excluding hydrogens is 240 g/mol. The topological polar surface area (TPSA) is 0 Å². The van der Waals surface area contributed by atoms with E-state index in [4.69, 9.17) is 0 Å². The van der Waals surface area contributed by atoms with Gasteiger partial charge in [0.25, 0.3) is 0 Å². The summed E-state index contributed by atoms with van der Waals surface area (Å²) in [6, 6.07) is 16.6. The van der Waals surface area contributed by atoms with Crippen LogP contribution in [0, 0.1) is 6.92 Å². The summed E-state index contributed by atoms with van der Waals surface area (Å²) in [6.45, 7) is 13.9. The van der Waals surface area contributed by atoms with E-state index in [1.54, 1.807) is 0 Å². The summed E-state index contributed by atoms with van der Waals surface area (Å²) in [4.78, 5) is 0. The quantitative estimate of drug-likeness (QED) is 0.629. The third kappa shape index (κ3) is 4.89. The molecule has 0 atom stereocenters. The van der Waals surface area contributed by atoms with Gasteiger partial charge in [-0.3, -0.25) is 0 Å². The van der Waals surface area contributed by atoms with E-state index >= 15 is 0 Å². The molecule has 0 saturated heterocycles. The van der Waals surface area contributed by atoms with E-state index in [0.717, 1.165) is 0 Å². The van der Waals surface area contributed by atoms with Gasteiger partial charge >= 0.3 is 0 Å². The molecule has 0 fully saturated rings. The largest absolute Gasteiger partial charge is 0.0985 e. The van der Waals surface area contributed by atoms with E-state index in [2.05, 4.69) is 64.3 Å². The van der Waals surface area contributed by atoms with Gasteiger partial charge in [-0.25, -0.2) is 0 Å². The minimum absolute atomic E-state index is 0.587. The molecule has 0 aliphatic rings.